The van der Waals surface area contributed by atoms with E-state index in [0.29, 0.717) is 18.6 Å². The van der Waals surface area contributed by atoms with Crippen molar-refractivity contribution in [3.05, 3.63) is 10.1 Å². The molecular weight excluding hydrogens is 148 g/mol. The highest BCUT2D eigenvalue weighted by atomic mass is 16.6. The standard InChI is InChI=1S/C6H10N2O3/c9-7-5-3-1-2-4-6(5)8(10)11/h6,9H,1-4H2/b7-5-. The number of nitrogens with zero attached hydrogens (tertiary/aromatic N) is 2. The summed E-state index contributed by atoms with van der Waals surface area (Å²) in [6.45, 7) is 0. The SMILES string of the molecule is O=[N+]([O-])C1CCCC/C1=N/O. The minimum Gasteiger partial charge on any atom is -0.411 e. The van der Waals surface area contributed by atoms with Crippen LogP contribution in [-0.4, -0.2) is 21.9 Å². The molecule has 1 aliphatic rings. The molecule has 0 heterocycles. The molecule has 1 atom stereocenters. The first kappa shape index (κ1) is 7.97. The average Bonchev–Trinajstić information content (AvgIpc) is 2.04. The van der Waals surface area contributed by atoms with Crippen LogP contribution in [0.4, 0.5) is 0 Å². The van der Waals surface area contributed by atoms with E-state index in [2.05, 4.69) is 5.16 Å². The second kappa shape index (κ2) is 3.32. The Morgan fingerprint density at radius 2 is 2.36 bits per heavy atom. The Kier molecular flexibility index (Phi) is 2.40. The van der Waals surface area contributed by atoms with Gasteiger partial charge >= 0.3 is 0 Å². The summed E-state index contributed by atoms with van der Waals surface area (Å²) in [5, 5.41) is 21.7. The number of hydrogen-bond donors (Lipinski definition) is 1. The molecule has 0 aliphatic heterocycles. The van der Waals surface area contributed by atoms with Gasteiger partial charge in [-0.05, 0) is 19.3 Å². The molecule has 5 heteroatoms. The van der Waals surface area contributed by atoms with Gasteiger partial charge in [-0.1, -0.05) is 5.16 Å². The van der Waals surface area contributed by atoms with E-state index in [4.69, 9.17) is 5.21 Å². The molecule has 5 nitrogen and oxygen atoms in total. The quantitative estimate of drug-likeness (QED) is 0.352. The summed E-state index contributed by atoms with van der Waals surface area (Å²) >= 11 is 0. The summed E-state index contributed by atoms with van der Waals surface area (Å²) in [5.74, 6) is 0. The maximum atomic E-state index is 10.3. The molecule has 1 N–H and O–H groups in total. The maximum Gasteiger partial charge on any atom is 0.254 e. The second-order valence-corrected chi connectivity index (χ2v) is 2.64. The van der Waals surface area contributed by atoms with Crippen LogP contribution >= 0.6 is 0 Å². The van der Waals surface area contributed by atoms with Crippen LogP contribution in [0.1, 0.15) is 25.7 Å². The van der Waals surface area contributed by atoms with Gasteiger partial charge in [0.1, 0.15) is 5.71 Å². The van der Waals surface area contributed by atoms with Crippen molar-refractivity contribution in [3.8, 4) is 0 Å². The molecule has 0 radical (unpaired) electrons. The van der Waals surface area contributed by atoms with Gasteiger partial charge in [-0.15, -0.1) is 0 Å². The Balaban J connectivity index is 2.67. The van der Waals surface area contributed by atoms with Crippen LogP contribution in [0.15, 0.2) is 5.16 Å². The number of oxime groups is 1. The lowest BCUT2D eigenvalue weighted by Crippen LogP contribution is -2.32. The van der Waals surface area contributed by atoms with Crippen LogP contribution in [0.3, 0.4) is 0 Å². The van der Waals surface area contributed by atoms with Crippen LogP contribution in [0.25, 0.3) is 0 Å². The van der Waals surface area contributed by atoms with Crippen molar-refractivity contribution < 1.29 is 10.1 Å². The van der Waals surface area contributed by atoms with E-state index < -0.39 is 6.04 Å². The summed E-state index contributed by atoms with van der Waals surface area (Å²) in [6.07, 6.45) is 2.81. The second-order valence-electron chi connectivity index (χ2n) is 2.64. The molecule has 0 bridgehead atoms. The van der Waals surface area contributed by atoms with E-state index in [-0.39, 0.29) is 4.92 Å². The molecule has 1 aliphatic carbocycles. The van der Waals surface area contributed by atoms with Crippen molar-refractivity contribution in [1.29, 1.82) is 0 Å². The molecule has 62 valence electrons. The molecule has 0 aromatic rings. The zero-order valence-corrected chi connectivity index (χ0v) is 6.06. The summed E-state index contributed by atoms with van der Waals surface area (Å²) < 4.78 is 0. The summed E-state index contributed by atoms with van der Waals surface area (Å²) in [5.41, 5.74) is 0.321. The zero-order valence-electron chi connectivity index (χ0n) is 6.06. The molecule has 0 spiro atoms. The van der Waals surface area contributed by atoms with Crippen LogP contribution in [0.2, 0.25) is 0 Å². The van der Waals surface area contributed by atoms with Crippen LogP contribution < -0.4 is 0 Å². The first-order chi connectivity index (χ1) is 5.25. The van der Waals surface area contributed by atoms with E-state index >= 15 is 0 Å². The van der Waals surface area contributed by atoms with Gasteiger partial charge in [-0.3, -0.25) is 10.1 Å². The van der Waals surface area contributed by atoms with Crippen molar-refractivity contribution in [3.63, 3.8) is 0 Å². The highest BCUT2D eigenvalue weighted by molar-refractivity contribution is 5.88. The van der Waals surface area contributed by atoms with Gasteiger partial charge in [0.25, 0.3) is 6.04 Å². The molecule has 0 aromatic heterocycles. The van der Waals surface area contributed by atoms with Crippen molar-refractivity contribution >= 4 is 5.71 Å². The van der Waals surface area contributed by atoms with Crippen LogP contribution in [0.5, 0.6) is 0 Å². The topological polar surface area (TPSA) is 75.7 Å². The van der Waals surface area contributed by atoms with Gasteiger partial charge in [0.15, 0.2) is 0 Å². The molecule has 0 amide bonds. The van der Waals surface area contributed by atoms with E-state index in [9.17, 15) is 10.1 Å². The zero-order chi connectivity index (χ0) is 8.27. The third kappa shape index (κ3) is 1.66. The molecular formula is C6H10N2O3. The lowest BCUT2D eigenvalue weighted by Gasteiger charge is -2.15. The van der Waals surface area contributed by atoms with E-state index in [0.717, 1.165) is 12.8 Å². The Labute approximate surface area is 63.9 Å². The fourth-order valence-electron chi connectivity index (χ4n) is 1.32. The lowest BCUT2D eigenvalue weighted by molar-refractivity contribution is -0.505. The summed E-state index contributed by atoms with van der Waals surface area (Å²) in [7, 11) is 0. The largest absolute Gasteiger partial charge is 0.411 e. The Morgan fingerprint density at radius 3 is 2.82 bits per heavy atom. The first-order valence-corrected chi connectivity index (χ1v) is 3.60. The molecule has 11 heavy (non-hydrogen) atoms. The average molecular weight is 158 g/mol. The third-order valence-corrected chi connectivity index (χ3v) is 1.93. The number of nitro groups is 1. The van der Waals surface area contributed by atoms with Crippen molar-refractivity contribution in [2.45, 2.75) is 31.7 Å². The van der Waals surface area contributed by atoms with Gasteiger partial charge < -0.3 is 5.21 Å². The lowest BCUT2D eigenvalue weighted by atomic mass is 9.94. The predicted octanol–water partition coefficient (Wildman–Crippen LogP) is 1.04. The highest BCUT2D eigenvalue weighted by Crippen LogP contribution is 2.17. The first-order valence-electron chi connectivity index (χ1n) is 3.60. The third-order valence-electron chi connectivity index (χ3n) is 1.93. The number of rotatable bonds is 1. The van der Waals surface area contributed by atoms with Gasteiger partial charge in [0, 0.05) is 11.3 Å². The summed E-state index contributed by atoms with van der Waals surface area (Å²) in [6, 6.07) is -0.742. The Morgan fingerprint density at radius 1 is 1.64 bits per heavy atom. The van der Waals surface area contributed by atoms with Crippen LogP contribution in [-0.2, 0) is 0 Å². The molecule has 0 saturated heterocycles. The predicted molar refractivity (Wildman–Crippen MR) is 38.5 cm³/mol. The fraction of sp³-hybridized carbons (Fsp3) is 0.833. The van der Waals surface area contributed by atoms with Crippen molar-refractivity contribution in [1.82, 2.24) is 0 Å². The van der Waals surface area contributed by atoms with Gasteiger partial charge in [-0.2, -0.15) is 0 Å². The van der Waals surface area contributed by atoms with Gasteiger partial charge in [-0.25, -0.2) is 0 Å². The highest BCUT2D eigenvalue weighted by Gasteiger charge is 2.30. The fourth-order valence-corrected chi connectivity index (χ4v) is 1.32. The Hall–Kier alpha value is -1.13. The van der Waals surface area contributed by atoms with E-state index in [1.54, 1.807) is 0 Å². The Bertz CT molecular complexity index is 190. The van der Waals surface area contributed by atoms with Crippen molar-refractivity contribution in [2.24, 2.45) is 5.16 Å². The molecule has 1 saturated carbocycles. The minimum absolute atomic E-state index is 0.321. The monoisotopic (exact) mass is 158 g/mol. The summed E-state index contributed by atoms with van der Waals surface area (Å²) in [4.78, 5) is 9.96. The van der Waals surface area contributed by atoms with Crippen LogP contribution in [0, 0.1) is 10.1 Å². The molecule has 1 fully saturated rings. The molecule has 1 unspecified atom stereocenters. The van der Waals surface area contributed by atoms with E-state index in [1.807, 2.05) is 0 Å². The van der Waals surface area contributed by atoms with E-state index in [1.165, 1.54) is 0 Å². The normalized spacial score (nSPS) is 28.7. The van der Waals surface area contributed by atoms with Gasteiger partial charge in [0.2, 0.25) is 0 Å². The maximum absolute atomic E-state index is 10.3. The van der Waals surface area contributed by atoms with Crippen molar-refractivity contribution in [2.75, 3.05) is 0 Å². The molecule has 0 aromatic carbocycles. The number of hydrogen-bond acceptors (Lipinski definition) is 4. The van der Waals surface area contributed by atoms with Gasteiger partial charge in [0.05, 0.1) is 0 Å². The minimum atomic E-state index is -0.742. The smallest absolute Gasteiger partial charge is 0.254 e. The molecule has 1 rings (SSSR count).